The third-order valence-corrected chi connectivity index (χ3v) is 4.39. The molecule has 0 aliphatic carbocycles. The van der Waals surface area contributed by atoms with Gasteiger partial charge < -0.3 is 24.4 Å². The first-order valence-electron chi connectivity index (χ1n) is 7.65. The topological polar surface area (TPSA) is 85.2 Å². The minimum Gasteiger partial charge on any atom is -0.503 e. The summed E-state index contributed by atoms with van der Waals surface area (Å²) in [5.74, 6) is -1.08. The zero-order valence-electron chi connectivity index (χ0n) is 15.2. The summed E-state index contributed by atoms with van der Waals surface area (Å²) in [5, 5.41) is 17.4. The fourth-order valence-corrected chi connectivity index (χ4v) is 2.32. The van der Waals surface area contributed by atoms with Gasteiger partial charge >= 0.3 is 0 Å². The molecule has 2 N–H and O–H groups in total. The molecule has 0 bridgehead atoms. The van der Waals surface area contributed by atoms with Crippen molar-refractivity contribution in [1.29, 1.82) is 0 Å². The van der Waals surface area contributed by atoms with Gasteiger partial charge in [0.05, 0.1) is 17.3 Å². The molecular formula is C16H31O6Y-. The maximum Gasteiger partial charge on any atom is 0.161 e. The third kappa shape index (κ3) is 8.28. The Kier molecular flexibility index (Phi) is 12.2. The van der Waals surface area contributed by atoms with Crippen molar-refractivity contribution in [2.24, 2.45) is 0 Å². The van der Waals surface area contributed by atoms with Crippen LogP contribution in [-0.4, -0.2) is 53.0 Å². The van der Waals surface area contributed by atoms with Gasteiger partial charge in [-0.3, -0.25) is 11.7 Å². The van der Waals surface area contributed by atoms with Crippen LogP contribution in [0.15, 0.2) is 0 Å². The summed E-state index contributed by atoms with van der Waals surface area (Å²) in [5.41, 5.74) is -0.786. The number of carboxylic acid groups (broad SMARTS) is 1. The number of carboxylic acids is 1. The second kappa shape index (κ2) is 11.0. The van der Waals surface area contributed by atoms with E-state index < -0.39 is 17.7 Å². The van der Waals surface area contributed by atoms with Crippen LogP contribution in [0.1, 0.15) is 53.9 Å². The Morgan fingerprint density at radius 2 is 1.87 bits per heavy atom. The van der Waals surface area contributed by atoms with E-state index in [1.54, 1.807) is 7.11 Å². The van der Waals surface area contributed by atoms with E-state index in [9.17, 15) is 5.11 Å². The van der Waals surface area contributed by atoms with Gasteiger partial charge in [-0.05, 0) is 33.6 Å². The van der Waals surface area contributed by atoms with E-state index in [1.165, 1.54) is 0 Å². The molecule has 1 rings (SSSR count). The molecule has 1 aliphatic heterocycles. The van der Waals surface area contributed by atoms with E-state index in [2.05, 4.69) is 27.7 Å². The third-order valence-electron chi connectivity index (χ3n) is 4.39. The van der Waals surface area contributed by atoms with Crippen LogP contribution in [-0.2, 0) is 51.7 Å². The van der Waals surface area contributed by atoms with Gasteiger partial charge in [-0.2, -0.15) is 0 Å². The van der Waals surface area contributed by atoms with Gasteiger partial charge in [0.1, 0.15) is 6.10 Å². The summed E-state index contributed by atoms with van der Waals surface area (Å²) in [6.45, 7) is 12.6. The van der Waals surface area contributed by atoms with Gasteiger partial charge in [0, 0.05) is 46.2 Å². The predicted octanol–water partition coefficient (Wildman–Crippen LogP) is 2.39. The summed E-state index contributed by atoms with van der Waals surface area (Å²) in [4.78, 5) is 8.89. The van der Waals surface area contributed by atoms with E-state index in [1.807, 2.05) is 13.8 Å². The molecule has 1 fully saturated rings. The SMILES string of the molecule is CCC(C)(CC)O[C@H]1C[C@@](C)(OC)[C@@H](O)[C@H](C)O1.[CH2-]C(=O)O.[Y]. The van der Waals surface area contributed by atoms with Crippen LogP contribution in [0.3, 0.4) is 0 Å². The average Bonchev–Trinajstić information content (AvgIpc) is 2.44. The van der Waals surface area contributed by atoms with Gasteiger partial charge in [0.25, 0.3) is 0 Å². The molecule has 0 spiro atoms. The number of hydrogen-bond acceptors (Lipinski definition) is 5. The maximum absolute atomic E-state index is 10.1. The van der Waals surface area contributed by atoms with Crippen molar-refractivity contribution in [3.05, 3.63) is 6.92 Å². The minimum absolute atomic E-state index is 0. The number of carbonyl (C=O) groups is 1. The van der Waals surface area contributed by atoms with Crippen LogP contribution in [0.25, 0.3) is 0 Å². The molecule has 1 radical (unpaired) electrons. The smallest absolute Gasteiger partial charge is 0.161 e. The molecule has 1 aliphatic rings. The zero-order valence-corrected chi connectivity index (χ0v) is 18.0. The van der Waals surface area contributed by atoms with E-state index in [0.717, 1.165) is 12.8 Å². The molecule has 4 atom stereocenters. The first-order chi connectivity index (χ1) is 10.0. The van der Waals surface area contributed by atoms with Crippen molar-refractivity contribution in [2.45, 2.75) is 83.6 Å². The first kappa shape index (κ1) is 25.5. The number of aliphatic carboxylic acids is 1. The van der Waals surface area contributed by atoms with E-state index >= 15 is 0 Å². The molecule has 23 heavy (non-hydrogen) atoms. The first-order valence-corrected chi connectivity index (χ1v) is 7.65. The van der Waals surface area contributed by atoms with Crippen molar-refractivity contribution >= 4 is 5.97 Å². The number of hydrogen-bond donors (Lipinski definition) is 2. The Morgan fingerprint density at radius 1 is 1.43 bits per heavy atom. The van der Waals surface area contributed by atoms with Crippen LogP contribution in [0.5, 0.6) is 0 Å². The Hall–Kier alpha value is 0.284. The molecule has 0 saturated carbocycles. The summed E-state index contributed by atoms with van der Waals surface area (Å²) in [6.07, 6.45) is 1.18. The van der Waals surface area contributed by atoms with Crippen LogP contribution < -0.4 is 0 Å². The summed E-state index contributed by atoms with van der Waals surface area (Å²) < 4.78 is 17.3. The monoisotopic (exact) mass is 408 g/mol. The molecule has 6 nitrogen and oxygen atoms in total. The van der Waals surface area contributed by atoms with E-state index in [4.69, 9.17) is 24.1 Å². The van der Waals surface area contributed by atoms with Crippen molar-refractivity contribution in [2.75, 3.05) is 7.11 Å². The van der Waals surface area contributed by atoms with Gasteiger partial charge in [0.2, 0.25) is 0 Å². The average molecular weight is 408 g/mol. The van der Waals surface area contributed by atoms with Crippen molar-refractivity contribution < 1.29 is 61.9 Å². The van der Waals surface area contributed by atoms with Crippen LogP contribution in [0.2, 0.25) is 0 Å². The second-order valence-electron chi connectivity index (χ2n) is 6.11. The number of aliphatic hydroxyl groups is 1. The largest absolute Gasteiger partial charge is 0.503 e. The molecule has 0 aromatic heterocycles. The van der Waals surface area contributed by atoms with E-state index in [0.29, 0.717) is 6.42 Å². The molecular weight excluding hydrogens is 377 g/mol. The van der Waals surface area contributed by atoms with Crippen molar-refractivity contribution in [1.82, 2.24) is 0 Å². The summed E-state index contributed by atoms with van der Waals surface area (Å²) >= 11 is 0. The molecule has 7 heteroatoms. The molecule has 0 aromatic carbocycles. The fraction of sp³-hybridized carbons (Fsp3) is 0.875. The molecule has 1 saturated heterocycles. The minimum atomic E-state index is -1.08. The number of rotatable bonds is 5. The Morgan fingerprint density at radius 3 is 2.22 bits per heavy atom. The fourth-order valence-electron chi connectivity index (χ4n) is 2.32. The Labute approximate surface area is 165 Å². The molecule has 0 amide bonds. The van der Waals surface area contributed by atoms with E-state index in [-0.39, 0.29) is 50.7 Å². The quantitative estimate of drug-likeness (QED) is 0.680. The van der Waals surface area contributed by atoms with Gasteiger partial charge in [-0.25, -0.2) is 0 Å². The number of ether oxygens (including phenoxy) is 3. The van der Waals surface area contributed by atoms with Gasteiger partial charge in [-0.15, -0.1) is 0 Å². The Bertz CT molecular complexity index is 341. The second-order valence-corrected chi connectivity index (χ2v) is 6.11. The summed E-state index contributed by atoms with van der Waals surface area (Å²) in [7, 11) is 1.62. The van der Waals surface area contributed by atoms with Crippen LogP contribution >= 0.6 is 0 Å². The molecule has 0 unspecified atom stereocenters. The van der Waals surface area contributed by atoms with Crippen LogP contribution in [0, 0.1) is 6.92 Å². The van der Waals surface area contributed by atoms with Gasteiger partial charge in [0.15, 0.2) is 12.3 Å². The predicted molar refractivity (Wildman–Crippen MR) is 83.4 cm³/mol. The van der Waals surface area contributed by atoms with Gasteiger partial charge in [-0.1, -0.05) is 13.8 Å². The maximum atomic E-state index is 10.1. The number of methoxy groups -OCH3 is 1. The van der Waals surface area contributed by atoms with Crippen molar-refractivity contribution in [3.63, 3.8) is 0 Å². The summed E-state index contributed by atoms with van der Waals surface area (Å²) in [6, 6.07) is 0. The normalized spacial score (nSPS) is 30.7. The molecule has 1 heterocycles. The standard InChI is InChI=1S/C14H28O4.C2H3O2.Y/c1-7-13(4,8-2)18-11-9-14(5,16-6)12(15)10(3)17-11;1-2(3)4;/h10-12,15H,7-9H2,1-6H3;1H2,(H,3,4);/q;-1;/t10-,11-,12-,14+;;/m0../s1. The Balaban J connectivity index is 0. The number of aliphatic hydroxyl groups excluding tert-OH is 1. The zero-order chi connectivity index (χ0) is 17.6. The van der Waals surface area contributed by atoms with Crippen LogP contribution in [0.4, 0.5) is 0 Å². The van der Waals surface area contributed by atoms with Crippen molar-refractivity contribution in [3.8, 4) is 0 Å². The molecule has 135 valence electrons. The molecule has 0 aromatic rings.